The summed E-state index contributed by atoms with van der Waals surface area (Å²) in [6.07, 6.45) is 3.25. The fourth-order valence-corrected chi connectivity index (χ4v) is 2.04. The van der Waals surface area contributed by atoms with E-state index in [9.17, 15) is 4.79 Å². The highest BCUT2D eigenvalue weighted by molar-refractivity contribution is 5.94. The molecule has 0 bridgehead atoms. The number of benzene rings is 1. The Morgan fingerprint density at radius 3 is 2.78 bits per heavy atom. The molecule has 0 aliphatic heterocycles. The number of nitrogens with one attached hydrogen (secondary N) is 2. The quantitative estimate of drug-likeness (QED) is 0.819. The lowest BCUT2D eigenvalue weighted by Gasteiger charge is -2.13. The standard InChI is InChI=1S/C18H23N3O2/c1-4-23-17-8-6-5-7-16(17)21-15-9-14(11-19-12-15)18(22)20-10-13(2)3/h5-9,11-13,21H,4,10H2,1-3H3,(H,20,22). The second-order valence-electron chi connectivity index (χ2n) is 5.62. The molecule has 1 aromatic carbocycles. The first-order valence-electron chi connectivity index (χ1n) is 7.82. The molecular weight excluding hydrogens is 290 g/mol. The minimum absolute atomic E-state index is 0.118. The summed E-state index contributed by atoms with van der Waals surface area (Å²) in [5, 5.41) is 6.14. The van der Waals surface area contributed by atoms with Crippen molar-refractivity contribution in [2.45, 2.75) is 20.8 Å². The van der Waals surface area contributed by atoms with Gasteiger partial charge in [-0.15, -0.1) is 0 Å². The first kappa shape index (κ1) is 16.8. The summed E-state index contributed by atoms with van der Waals surface area (Å²) in [6.45, 7) is 7.29. The van der Waals surface area contributed by atoms with E-state index < -0.39 is 0 Å². The highest BCUT2D eigenvalue weighted by Gasteiger charge is 2.09. The average Bonchev–Trinajstić information content (AvgIpc) is 2.55. The van der Waals surface area contributed by atoms with Crippen molar-refractivity contribution in [2.75, 3.05) is 18.5 Å². The molecule has 0 aliphatic carbocycles. The first-order chi connectivity index (χ1) is 11.1. The number of amides is 1. The Hall–Kier alpha value is -2.56. The van der Waals surface area contributed by atoms with Crippen molar-refractivity contribution in [3.05, 3.63) is 48.3 Å². The molecule has 0 spiro atoms. The Bertz CT molecular complexity index is 656. The molecule has 5 nitrogen and oxygen atoms in total. The molecule has 1 heterocycles. The van der Waals surface area contributed by atoms with E-state index in [1.54, 1.807) is 18.5 Å². The molecule has 0 fully saturated rings. The molecule has 0 aliphatic rings. The van der Waals surface area contributed by atoms with Crippen LogP contribution < -0.4 is 15.4 Å². The van der Waals surface area contributed by atoms with Gasteiger partial charge in [0.25, 0.3) is 5.91 Å². The predicted octanol–water partition coefficient (Wildman–Crippen LogP) is 3.61. The number of ether oxygens (including phenoxy) is 1. The van der Waals surface area contributed by atoms with Crippen molar-refractivity contribution < 1.29 is 9.53 Å². The van der Waals surface area contributed by atoms with Crippen LogP contribution in [0.25, 0.3) is 0 Å². The number of carbonyl (C=O) groups excluding carboxylic acids is 1. The van der Waals surface area contributed by atoms with E-state index in [-0.39, 0.29) is 5.91 Å². The van der Waals surface area contributed by atoms with E-state index in [4.69, 9.17) is 4.74 Å². The van der Waals surface area contributed by atoms with Crippen LogP contribution in [0.2, 0.25) is 0 Å². The maximum atomic E-state index is 12.1. The normalized spacial score (nSPS) is 10.4. The van der Waals surface area contributed by atoms with Gasteiger partial charge in [0.1, 0.15) is 5.75 Å². The van der Waals surface area contributed by atoms with Gasteiger partial charge >= 0.3 is 0 Å². The third kappa shape index (κ3) is 4.98. The number of pyridine rings is 1. The van der Waals surface area contributed by atoms with Crippen molar-refractivity contribution in [1.82, 2.24) is 10.3 Å². The molecule has 5 heteroatoms. The first-order valence-corrected chi connectivity index (χ1v) is 7.82. The Balaban J connectivity index is 2.13. The number of hydrogen-bond acceptors (Lipinski definition) is 4. The lowest BCUT2D eigenvalue weighted by molar-refractivity contribution is 0.0948. The fourth-order valence-electron chi connectivity index (χ4n) is 2.04. The number of hydrogen-bond donors (Lipinski definition) is 2. The Kier molecular flexibility index (Phi) is 5.97. The van der Waals surface area contributed by atoms with Gasteiger partial charge in [-0.2, -0.15) is 0 Å². The minimum atomic E-state index is -0.118. The Morgan fingerprint density at radius 1 is 1.26 bits per heavy atom. The summed E-state index contributed by atoms with van der Waals surface area (Å²) in [5.41, 5.74) is 2.12. The van der Waals surface area contributed by atoms with E-state index in [0.717, 1.165) is 17.1 Å². The van der Waals surface area contributed by atoms with Gasteiger partial charge in [-0.1, -0.05) is 26.0 Å². The molecule has 1 amide bonds. The van der Waals surface area contributed by atoms with E-state index in [2.05, 4.69) is 29.5 Å². The number of nitrogens with zero attached hydrogens (tertiary/aromatic N) is 1. The Morgan fingerprint density at radius 2 is 2.04 bits per heavy atom. The number of rotatable bonds is 7. The maximum absolute atomic E-state index is 12.1. The lowest BCUT2D eigenvalue weighted by atomic mass is 10.2. The van der Waals surface area contributed by atoms with Crippen molar-refractivity contribution >= 4 is 17.3 Å². The Labute approximate surface area is 137 Å². The monoisotopic (exact) mass is 313 g/mol. The minimum Gasteiger partial charge on any atom is -0.492 e. The van der Waals surface area contributed by atoms with Crippen LogP contribution in [0.3, 0.4) is 0 Å². The summed E-state index contributed by atoms with van der Waals surface area (Å²) in [5.74, 6) is 1.06. The van der Waals surface area contributed by atoms with Crippen LogP contribution in [0, 0.1) is 5.92 Å². The average molecular weight is 313 g/mol. The number of anilines is 2. The van der Waals surface area contributed by atoms with Crippen molar-refractivity contribution in [2.24, 2.45) is 5.92 Å². The summed E-state index contributed by atoms with van der Waals surface area (Å²) in [4.78, 5) is 16.3. The highest BCUT2D eigenvalue weighted by Crippen LogP contribution is 2.27. The molecule has 122 valence electrons. The van der Waals surface area contributed by atoms with Crippen LogP contribution in [0.5, 0.6) is 5.75 Å². The third-order valence-corrected chi connectivity index (χ3v) is 3.14. The molecule has 2 aromatic rings. The largest absolute Gasteiger partial charge is 0.492 e. The molecule has 2 rings (SSSR count). The second kappa shape index (κ2) is 8.17. The van der Waals surface area contributed by atoms with Crippen LogP contribution in [-0.4, -0.2) is 24.0 Å². The molecule has 0 radical (unpaired) electrons. The second-order valence-corrected chi connectivity index (χ2v) is 5.62. The third-order valence-electron chi connectivity index (χ3n) is 3.14. The van der Waals surface area contributed by atoms with Crippen LogP contribution in [0.4, 0.5) is 11.4 Å². The summed E-state index contributed by atoms with van der Waals surface area (Å²) in [7, 11) is 0. The van der Waals surface area contributed by atoms with Gasteiger partial charge in [-0.05, 0) is 31.0 Å². The van der Waals surface area contributed by atoms with Crippen LogP contribution >= 0.6 is 0 Å². The maximum Gasteiger partial charge on any atom is 0.252 e. The number of carbonyl (C=O) groups is 1. The van der Waals surface area contributed by atoms with Crippen LogP contribution in [0.1, 0.15) is 31.1 Å². The van der Waals surface area contributed by atoms with Gasteiger partial charge in [-0.25, -0.2) is 0 Å². The molecule has 23 heavy (non-hydrogen) atoms. The lowest BCUT2D eigenvalue weighted by Crippen LogP contribution is -2.27. The van der Waals surface area contributed by atoms with E-state index in [1.807, 2.05) is 31.2 Å². The molecule has 0 unspecified atom stereocenters. The van der Waals surface area contributed by atoms with Crippen molar-refractivity contribution in [3.8, 4) is 5.75 Å². The highest BCUT2D eigenvalue weighted by atomic mass is 16.5. The van der Waals surface area contributed by atoms with Crippen LogP contribution in [0.15, 0.2) is 42.7 Å². The van der Waals surface area contributed by atoms with Gasteiger partial charge in [-0.3, -0.25) is 9.78 Å². The molecular formula is C18H23N3O2. The summed E-state index contributed by atoms with van der Waals surface area (Å²) in [6, 6.07) is 9.46. The molecule has 1 aromatic heterocycles. The van der Waals surface area contributed by atoms with Crippen LogP contribution in [-0.2, 0) is 0 Å². The molecule has 0 atom stereocenters. The summed E-state index contributed by atoms with van der Waals surface area (Å²) < 4.78 is 5.59. The van der Waals surface area contributed by atoms with Gasteiger partial charge in [0.2, 0.25) is 0 Å². The smallest absolute Gasteiger partial charge is 0.252 e. The van der Waals surface area contributed by atoms with Crippen molar-refractivity contribution in [3.63, 3.8) is 0 Å². The number of para-hydroxylation sites is 2. The van der Waals surface area contributed by atoms with Gasteiger partial charge in [0, 0.05) is 12.7 Å². The molecule has 0 saturated carbocycles. The molecule has 0 saturated heterocycles. The van der Waals surface area contributed by atoms with Gasteiger partial charge < -0.3 is 15.4 Å². The fraction of sp³-hybridized carbons (Fsp3) is 0.333. The van der Waals surface area contributed by atoms with Crippen molar-refractivity contribution in [1.29, 1.82) is 0 Å². The topological polar surface area (TPSA) is 63.2 Å². The van der Waals surface area contributed by atoms with Gasteiger partial charge in [0.05, 0.1) is 29.7 Å². The zero-order valence-electron chi connectivity index (χ0n) is 13.8. The predicted molar refractivity (Wildman–Crippen MR) is 92.3 cm³/mol. The van der Waals surface area contributed by atoms with E-state index in [1.165, 1.54) is 0 Å². The van der Waals surface area contributed by atoms with Gasteiger partial charge in [0.15, 0.2) is 0 Å². The van der Waals surface area contributed by atoms with E-state index >= 15 is 0 Å². The summed E-state index contributed by atoms with van der Waals surface area (Å²) >= 11 is 0. The zero-order valence-corrected chi connectivity index (χ0v) is 13.8. The van der Waals surface area contributed by atoms with E-state index in [0.29, 0.717) is 24.6 Å². The zero-order chi connectivity index (χ0) is 16.7. The SMILES string of the molecule is CCOc1ccccc1Nc1cncc(C(=O)NCC(C)C)c1. The molecule has 2 N–H and O–H groups in total. The number of aromatic nitrogens is 1.